The van der Waals surface area contributed by atoms with Gasteiger partial charge in [-0.1, -0.05) is 0 Å². The number of fused-ring (bicyclic) bond motifs is 1. The third kappa shape index (κ3) is 2.67. The maximum Gasteiger partial charge on any atom is 0.139 e. The molecule has 0 amide bonds. The van der Waals surface area contributed by atoms with E-state index in [1.165, 1.54) is 29.5 Å². The van der Waals surface area contributed by atoms with E-state index in [-0.39, 0.29) is 0 Å². The van der Waals surface area contributed by atoms with E-state index in [0.717, 1.165) is 28.6 Å². The molecule has 106 valence electrons. The molecule has 3 nitrogen and oxygen atoms in total. The molecule has 0 fully saturated rings. The first-order chi connectivity index (χ1) is 9.11. The zero-order valence-electron chi connectivity index (χ0n) is 11.8. The molecule has 1 aliphatic rings. The van der Waals surface area contributed by atoms with Crippen molar-refractivity contribution < 1.29 is 9.84 Å². The van der Waals surface area contributed by atoms with E-state index in [1.807, 2.05) is 7.05 Å². The van der Waals surface area contributed by atoms with Crippen molar-refractivity contribution in [2.24, 2.45) is 0 Å². The third-order valence-electron chi connectivity index (χ3n) is 3.97. The van der Waals surface area contributed by atoms with Crippen molar-refractivity contribution in [1.29, 1.82) is 0 Å². The molecule has 4 heteroatoms. The minimum atomic E-state index is -0.538. The van der Waals surface area contributed by atoms with Crippen LogP contribution in [0, 0.1) is 6.92 Å². The van der Waals surface area contributed by atoms with Crippen LogP contribution >= 0.6 is 15.9 Å². The highest BCUT2D eigenvalue weighted by Gasteiger charge is 2.26. The average molecular weight is 328 g/mol. The fraction of sp³-hybridized carbons (Fsp3) is 0.600. The Morgan fingerprint density at radius 1 is 1.32 bits per heavy atom. The Hall–Kier alpha value is -0.580. The van der Waals surface area contributed by atoms with Gasteiger partial charge in [0.25, 0.3) is 0 Å². The van der Waals surface area contributed by atoms with Crippen LogP contribution < -0.4 is 10.1 Å². The minimum Gasteiger partial charge on any atom is -0.495 e. The molecule has 1 aromatic carbocycles. The highest BCUT2D eigenvalue weighted by atomic mass is 79.9. The first-order valence-corrected chi connectivity index (χ1v) is 7.61. The maximum atomic E-state index is 10.4. The van der Waals surface area contributed by atoms with E-state index in [9.17, 15) is 5.11 Å². The first kappa shape index (κ1) is 14.8. The first-order valence-electron chi connectivity index (χ1n) is 6.82. The summed E-state index contributed by atoms with van der Waals surface area (Å²) < 4.78 is 6.58. The van der Waals surface area contributed by atoms with Crippen LogP contribution in [-0.2, 0) is 12.8 Å². The van der Waals surface area contributed by atoms with Gasteiger partial charge in [-0.25, -0.2) is 0 Å². The van der Waals surface area contributed by atoms with Gasteiger partial charge < -0.3 is 15.2 Å². The molecule has 0 heterocycles. The van der Waals surface area contributed by atoms with E-state index in [2.05, 4.69) is 28.2 Å². The lowest BCUT2D eigenvalue weighted by Gasteiger charge is -2.27. The van der Waals surface area contributed by atoms with Crippen molar-refractivity contribution in [1.82, 2.24) is 5.32 Å². The molecule has 0 radical (unpaired) electrons. The van der Waals surface area contributed by atoms with Gasteiger partial charge in [0, 0.05) is 12.1 Å². The zero-order chi connectivity index (χ0) is 14.0. The van der Waals surface area contributed by atoms with Gasteiger partial charge in [-0.3, -0.25) is 0 Å². The quantitative estimate of drug-likeness (QED) is 0.893. The van der Waals surface area contributed by atoms with Gasteiger partial charge in [0.05, 0.1) is 17.7 Å². The average Bonchev–Trinajstić information content (AvgIpc) is 2.42. The second-order valence-corrected chi connectivity index (χ2v) is 5.92. The molecule has 1 aliphatic carbocycles. The van der Waals surface area contributed by atoms with Crippen LogP contribution in [0.1, 0.15) is 41.2 Å². The van der Waals surface area contributed by atoms with E-state index in [4.69, 9.17) is 4.74 Å². The van der Waals surface area contributed by atoms with Crippen LogP contribution in [0.2, 0.25) is 0 Å². The number of nitrogens with one attached hydrogen (secondary N) is 1. The van der Waals surface area contributed by atoms with Crippen molar-refractivity contribution >= 4 is 15.9 Å². The molecule has 2 rings (SSSR count). The van der Waals surface area contributed by atoms with Gasteiger partial charge in [0.2, 0.25) is 0 Å². The van der Waals surface area contributed by atoms with Gasteiger partial charge in [0.15, 0.2) is 0 Å². The van der Waals surface area contributed by atoms with Gasteiger partial charge >= 0.3 is 0 Å². The smallest absolute Gasteiger partial charge is 0.139 e. The predicted octanol–water partition coefficient (Wildman–Crippen LogP) is 2.90. The summed E-state index contributed by atoms with van der Waals surface area (Å²) in [5, 5.41) is 13.4. The maximum absolute atomic E-state index is 10.4. The molecule has 19 heavy (non-hydrogen) atoms. The van der Waals surface area contributed by atoms with E-state index < -0.39 is 6.10 Å². The second-order valence-electron chi connectivity index (χ2n) is 5.12. The number of hydrogen-bond acceptors (Lipinski definition) is 3. The fourth-order valence-corrected chi connectivity index (χ4v) is 3.86. The largest absolute Gasteiger partial charge is 0.495 e. The molecular weight excluding hydrogens is 306 g/mol. The Balaban J connectivity index is 2.61. The van der Waals surface area contributed by atoms with Gasteiger partial charge in [-0.05, 0) is 72.3 Å². The fourth-order valence-electron chi connectivity index (χ4n) is 3.05. The lowest BCUT2D eigenvalue weighted by molar-refractivity contribution is 0.172. The summed E-state index contributed by atoms with van der Waals surface area (Å²) in [7, 11) is 3.52. The summed E-state index contributed by atoms with van der Waals surface area (Å²) >= 11 is 3.68. The minimum absolute atomic E-state index is 0.530. The molecule has 0 aliphatic heterocycles. The van der Waals surface area contributed by atoms with Crippen LogP contribution in [0.3, 0.4) is 0 Å². The topological polar surface area (TPSA) is 41.5 Å². The number of likely N-dealkylation sites (N-methyl/N-ethyl adjacent to an activating group) is 1. The van der Waals surface area contributed by atoms with E-state index >= 15 is 0 Å². The summed E-state index contributed by atoms with van der Waals surface area (Å²) in [6.45, 7) is 2.63. The molecular formula is C15H22BrNO2. The molecule has 1 aromatic rings. The number of rotatable bonds is 4. The number of benzene rings is 1. The molecule has 1 atom stereocenters. The van der Waals surface area contributed by atoms with Gasteiger partial charge in [0.1, 0.15) is 5.75 Å². The van der Waals surface area contributed by atoms with Crippen LogP contribution in [0.4, 0.5) is 0 Å². The lowest BCUT2D eigenvalue weighted by atomic mass is 9.84. The highest BCUT2D eigenvalue weighted by molar-refractivity contribution is 9.10. The molecule has 2 N–H and O–H groups in total. The summed E-state index contributed by atoms with van der Waals surface area (Å²) in [6, 6.07) is 0. The Labute approximate surface area is 123 Å². The Morgan fingerprint density at radius 2 is 1.95 bits per heavy atom. The third-order valence-corrected chi connectivity index (χ3v) is 4.81. The molecule has 0 spiro atoms. The van der Waals surface area contributed by atoms with Crippen LogP contribution in [-0.4, -0.2) is 25.8 Å². The Bertz CT molecular complexity index is 474. The van der Waals surface area contributed by atoms with Gasteiger partial charge in [-0.15, -0.1) is 0 Å². The number of hydrogen-bond donors (Lipinski definition) is 2. The molecule has 0 saturated heterocycles. The van der Waals surface area contributed by atoms with Crippen LogP contribution in [0.5, 0.6) is 5.75 Å². The summed E-state index contributed by atoms with van der Waals surface area (Å²) in [4.78, 5) is 0. The summed E-state index contributed by atoms with van der Waals surface area (Å²) in [5.41, 5.74) is 4.87. The normalized spacial score (nSPS) is 16.1. The van der Waals surface area contributed by atoms with Crippen molar-refractivity contribution in [3.05, 3.63) is 26.7 Å². The molecule has 0 aromatic heterocycles. The van der Waals surface area contributed by atoms with Crippen LogP contribution in [0.25, 0.3) is 0 Å². The van der Waals surface area contributed by atoms with E-state index in [0.29, 0.717) is 6.54 Å². The molecule has 1 unspecified atom stereocenters. The van der Waals surface area contributed by atoms with Crippen molar-refractivity contribution in [2.45, 2.75) is 38.7 Å². The zero-order valence-corrected chi connectivity index (χ0v) is 13.4. The van der Waals surface area contributed by atoms with E-state index in [1.54, 1.807) is 7.11 Å². The van der Waals surface area contributed by atoms with Crippen molar-refractivity contribution in [2.75, 3.05) is 20.7 Å². The molecule has 0 bridgehead atoms. The SMILES string of the molecule is CNCC(O)c1c(C)c2c(c(Br)c1OC)CCCC2. The Kier molecular flexibility index (Phi) is 4.87. The lowest BCUT2D eigenvalue weighted by Crippen LogP contribution is -2.20. The second kappa shape index (κ2) is 6.25. The number of aliphatic hydroxyl groups is 1. The summed E-state index contributed by atoms with van der Waals surface area (Å²) in [5.74, 6) is 0.793. The monoisotopic (exact) mass is 327 g/mol. The van der Waals surface area contributed by atoms with Gasteiger partial charge in [-0.2, -0.15) is 0 Å². The highest BCUT2D eigenvalue weighted by Crippen LogP contribution is 2.43. The number of halogens is 1. The number of ether oxygens (including phenoxy) is 1. The Morgan fingerprint density at radius 3 is 2.53 bits per heavy atom. The standard InChI is InChI=1S/C15H22BrNO2/c1-9-10-6-4-5-7-11(10)14(16)15(19-3)13(9)12(18)8-17-2/h12,17-18H,4-8H2,1-3H3. The summed E-state index contributed by atoms with van der Waals surface area (Å²) in [6.07, 6.45) is 4.11. The van der Waals surface area contributed by atoms with Crippen molar-refractivity contribution in [3.63, 3.8) is 0 Å². The van der Waals surface area contributed by atoms with Crippen molar-refractivity contribution in [3.8, 4) is 5.75 Å². The van der Waals surface area contributed by atoms with Crippen LogP contribution in [0.15, 0.2) is 4.47 Å². The number of methoxy groups -OCH3 is 1. The molecule has 0 saturated carbocycles. The predicted molar refractivity (Wildman–Crippen MR) is 81.0 cm³/mol. The number of aliphatic hydroxyl groups excluding tert-OH is 1.